The molecule has 0 aliphatic heterocycles. The average molecular weight is 635 g/mol. The second-order valence-electron chi connectivity index (χ2n) is 12.6. The largest absolute Gasteiger partial charge is 0.480 e. The first-order valence-corrected chi connectivity index (χ1v) is 18.7. The lowest BCUT2D eigenvalue weighted by Gasteiger charge is -2.15. The number of hydrogen-bond acceptors (Lipinski definition) is 5. The molecule has 0 heterocycles. The first-order valence-electron chi connectivity index (χ1n) is 18.7. The van der Waals surface area contributed by atoms with E-state index in [1.807, 2.05) is 0 Å². The lowest BCUT2D eigenvalue weighted by atomic mass is 10.1. The molecule has 2 atom stereocenters. The summed E-state index contributed by atoms with van der Waals surface area (Å²) in [5.74, 6) is -1.35. The van der Waals surface area contributed by atoms with Gasteiger partial charge in [0, 0.05) is 12.8 Å². The van der Waals surface area contributed by atoms with Crippen molar-refractivity contribution in [2.45, 2.75) is 193 Å². The van der Waals surface area contributed by atoms with Crippen LogP contribution in [0.5, 0.6) is 0 Å². The highest BCUT2D eigenvalue weighted by Gasteiger charge is 2.19. The van der Waals surface area contributed by atoms with Gasteiger partial charge in [-0.15, -0.1) is 0 Å². The van der Waals surface area contributed by atoms with E-state index in [2.05, 4.69) is 43.5 Å². The van der Waals surface area contributed by atoms with E-state index in [0.29, 0.717) is 38.6 Å². The summed E-state index contributed by atoms with van der Waals surface area (Å²) in [6.45, 7) is 4.84. The number of carbonyl (C=O) groups excluding carboxylic acids is 2. The number of allylic oxidation sites excluding steroid dienone is 3. The van der Waals surface area contributed by atoms with Crippen molar-refractivity contribution in [2.24, 2.45) is 5.73 Å². The van der Waals surface area contributed by atoms with Crippen molar-refractivity contribution >= 4 is 17.8 Å². The molecule has 0 aromatic rings. The van der Waals surface area contributed by atoms with Crippen molar-refractivity contribution in [3.8, 4) is 0 Å². The number of amides is 1. The van der Waals surface area contributed by atoms with Gasteiger partial charge in [0.05, 0.1) is 0 Å². The van der Waals surface area contributed by atoms with Crippen LogP contribution in [0.2, 0.25) is 0 Å². The molecular weight excluding hydrogens is 564 g/mol. The van der Waals surface area contributed by atoms with Crippen LogP contribution < -0.4 is 11.1 Å². The molecule has 7 nitrogen and oxygen atoms in total. The van der Waals surface area contributed by atoms with Crippen LogP contribution in [0, 0.1) is 0 Å². The van der Waals surface area contributed by atoms with Gasteiger partial charge in [-0.1, -0.05) is 116 Å². The van der Waals surface area contributed by atoms with Gasteiger partial charge in [0.15, 0.2) is 0 Å². The van der Waals surface area contributed by atoms with E-state index in [1.54, 1.807) is 0 Å². The third kappa shape index (κ3) is 30.3. The molecule has 1 amide bonds. The van der Waals surface area contributed by atoms with E-state index in [4.69, 9.17) is 10.5 Å². The Kier molecular flexibility index (Phi) is 31.6. The van der Waals surface area contributed by atoms with Crippen LogP contribution in [0.3, 0.4) is 0 Å². The predicted molar refractivity (Wildman–Crippen MR) is 188 cm³/mol. The highest BCUT2D eigenvalue weighted by atomic mass is 16.5. The zero-order valence-corrected chi connectivity index (χ0v) is 29.2. The fourth-order valence-electron chi connectivity index (χ4n) is 5.34. The molecule has 262 valence electrons. The summed E-state index contributed by atoms with van der Waals surface area (Å²) in [5, 5.41) is 11.9. The maximum Gasteiger partial charge on any atom is 0.326 e. The fraction of sp³-hybridized carbons (Fsp3) is 0.816. The molecular formula is C38H70N2O5. The fourth-order valence-corrected chi connectivity index (χ4v) is 5.34. The Morgan fingerprint density at radius 2 is 1.18 bits per heavy atom. The zero-order valence-electron chi connectivity index (χ0n) is 29.2. The number of esters is 1. The third-order valence-corrected chi connectivity index (χ3v) is 8.22. The molecule has 0 radical (unpaired) electrons. The van der Waals surface area contributed by atoms with E-state index in [-0.39, 0.29) is 18.0 Å². The predicted octanol–water partition coefficient (Wildman–Crippen LogP) is 9.72. The molecule has 7 heteroatoms. The van der Waals surface area contributed by atoms with Crippen molar-refractivity contribution in [3.63, 3.8) is 0 Å². The van der Waals surface area contributed by atoms with Gasteiger partial charge in [0.25, 0.3) is 0 Å². The molecule has 4 N–H and O–H groups in total. The minimum atomic E-state index is -1.02. The van der Waals surface area contributed by atoms with Gasteiger partial charge in [0.2, 0.25) is 5.91 Å². The summed E-state index contributed by atoms with van der Waals surface area (Å²) in [5.41, 5.74) is 5.46. The normalized spacial score (nSPS) is 13.0. The molecule has 0 rings (SSSR count). The SMILES string of the molecule is CCCC/C=C\C(CCCCCCC(=O)NC(CCCN)C(=O)O)OC(=O)CCCCCCC/C=C\CCCCCCCCC. The molecule has 0 fully saturated rings. The number of carbonyl (C=O) groups is 3. The van der Waals surface area contributed by atoms with Gasteiger partial charge in [-0.2, -0.15) is 0 Å². The van der Waals surface area contributed by atoms with Crippen LogP contribution in [0.25, 0.3) is 0 Å². The maximum atomic E-state index is 12.5. The van der Waals surface area contributed by atoms with Crippen molar-refractivity contribution < 1.29 is 24.2 Å². The van der Waals surface area contributed by atoms with Crippen LogP contribution in [0.1, 0.15) is 181 Å². The average Bonchev–Trinajstić information content (AvgIpc) is 3.02. The summed E-state index contributed by atoms with van der Waals surface area (Å²) in [6.07, 6.45) is 35.4. The van der Waals surface area contributed by atoms with Gasteiger partial charge < -0.3 is 20.9 Å². The summed E-state index contributed by atoms with van der Waals surface area (Å²) < 4.78 is 5.83. The second-order valence-corrected chi connectivity index (χ2v) is 12.6. The molecule has 45 heavy (non-hydrogen) atoms. The highest BCUT2D eigenvalue weighted by Crippen LogP contribution is 2.15. The lowest BCUT2D eigenvalue weighted by Crippen LogP contribution is -2.40. The van der Waals surface area contributed by atoms with Gasteiger partial charge in [0.1, 0.15) is 12.1 Å². The molecule has 2 unspecified atom stereocenters. The Morgan fingerprint density at radius 3 is 1.78 bits per heavy atom. The van der Waals surface area contributed by atoms with Crippen molar-refractivity contribution in [1.82, 2.24) is 5.32 Å². The van der Waals surface area contributed by atoms with Crippen LogP contribution >= 0.6 is 0 Å². The zero-order chi connectivity index (χ0) is 33.2. The minimum absolute atomic E-state index is 0.104. The topological polar surface area (TPSA) is 119 Å². The number of unbranched alkanes of at least 4 members (excludes halogenated alkanes) is 17. The quantitative estimate of drug-likeness (QED) is 0.0376. The number of nitrogens with one attached hydrogen (secondary N) is 1. The monoisotopic (exact) mass is 635 g/mol. The highest BCUT2D eigenvalue weighted by molar-refractivity contribution is 5.83. The van der Waals surface area contributed by atoms with Gasteiger partial charge in [-0.3, -0.25) is 9.59 Å². The summed E-state index contributed by atoms with van der Waals surface area (Å²) in [7, 11) is 0. The molecule has 0 aliphatic carbocycles. The number of aliphatic carboxylic acids is 1. The molecule has 0 bridgehead atoms. The van der Waals surface area contributed by atoms with Crippen molar-refractivity contribution in [1.29, 1.82) is 0 Å². The minimum Gasteiger partial charge on any atom is -0.480 e. The van der Waals surface area contributed by atoms with Crippen LogP contribution in [0.15, 0.2) is 24.3 Å². The Labute approximate surface area is 276 Å². The van der Waals surface area contributed by atoms with E-state index in [9.17, 15) is 19.5 Å². The van der Waals surface area contributed by atoms with Crippen molar-refractivity contribution in [2.75, 3.05) is 6.54 Å². The number of hydrogen-bond donors (Lipinski definition) is 3. The molecule has 0 aromatic carbocycles. The van der Waals surface area contributed by atoms with Crippen LogP contribution in [-0.2, 0) is 19.1 Å². The molecule has 0 spiro atoms. The molecule has 0 aliphatic rings. The molecule has 0 saturated heterocycles. The van der Waals surface area contributed by atoms with Gasteiger partial charge >= 0.3 is 11.9 Å². The lowest BCUT2D eigenvalue weighted by molar-refractivity contribution is -0.147. The summed E-state index contributed by atoms with van der Waals surface area (Å²) in [4.78, 5) is 36.0. The number of rotatable bonds is 33. The first-order chi connectivity index (χ1) is 21.9. The van der Waals surface area contributed by atoms with E-state index < -0.39 is 12.0 Å². The standard InChI is InChI=1S/C38H70N2O5/c1-3-5-7-9-10-11-12-13-14-15-16-17-18-19-20-26-32-37(42)45-34(28-23-8-6-4-2)29-24-21-22-25-31-36(41)40-35(38(43)44)30-27-33-39/h14-15,23,28,34-35H,3-13,16-22,24-27,29-33,39H2,1-2H3,(H,40,41)(H,43,44)/b15-14-,28-23-. The molecule has 0 aromatic heterocycles. The summed E-state index contributed by atoms with van der Waals surface area (Å²) in [6, 6.07) is -0.868. The summed E-state index contributed by atoms with van der Waals surface area (Å²) >= 11 is 0. The number of ether oxygens (including phenoxy) is 1. The maximum absolute atomic E-state index is 12.5. The Bertz CT molecular complexity index is 767. The van der Waals surface area contributed by atoms with Crippen LogP contribution in [-0.4, -0.2) is 41.6 Å². The van der Waals surface area contributed by atoms with Gasteiger partial charge in [-0.25, -0.2) is 4.79 Å². The Hall–Kier alpha value is -2.15. The van der Waals surface area contributed by atoms with Crippen molar-refractivity contribution in [3.05, 3.63) is 24.3 Å². The van der Waals surface area contributed by atoms with E-state index >= 15 is 0 Å². The number of carboxylic acids is 1. The number of nitrogens with two attached hydrogens (primary N) is 1. The smallest absolute Gasteiger partial charge is 0.326 e. The Morgan fingerprint density at radius 1 is 0.644 bits per heavy atom. The Balaban J connectivity index is 4.07. The first kappa shape index (κ1) is 42.9. The second kappa shape index (κ2) is 33.2. The van der Waals surface area contributed by atoms with E-state index in [0.717, 1.165) is 64.2 Å². The van der Waals surface area contributed by atoms with Crippen LogP contribution in [0.4, 0.5) is 0 Å². The van der Waals surface area contributed by atoms with Gasteiger partial charge in [-0.05, 0) is 83.2 Å². The number of carboxylic acid groups (broad SMARTS) is 1. The third-order valence-electron chi connectivity index (χ3n) is 8.22. The molecule has 0 saturated carbocycles. The van der Waals surface area contributed by atoms with E-state index in [1.165, 1.54) is 70.6 Å².